The van der Waals surface area contributed by atoms with E-state index in [0.29, 0.717) is 24.0 Å². The molecule has 1 saturated heterocycles. The van der Waals surface area contributed by atoms with Crippen LogP contribution in [0.15, 0.2) is 34.2 Å². The number of rotatable bonds is 8. The van der Waals surface area contributed by atoms with Crippen LogP contribution in [0.25, 0.3) is 0 Å². The Morgan fingerprint density at radius 3 is 2.51 bits per heavy atom. The van der Waals surface area contributed by atoms with Crippen molar-refractivity contribution in [2.24, 2.45) is 11.3 Å². The summed E-state index contributed by atoms with van der Waals surface area (Å²) in [7, 11) is 1.20. The van der Waals surface area contributed by atoms with Crippen molar-refractivity contribution in [1.29, 1.82) is 0 Å². The van der Waals surface area contributed by atoms with Crippen molar-refractivity contribution >= 4 is 11.9 Å². The van der Waals surface area contributed by atoms with Gasteiger partial charge in [0, 0.05) is 23.0 Å². The summed E-state index contributed by atoms with van der Waals surface area (Å²) in [6.45, 7) is 0.830. The highest BCUT2D eigenvalue weighted by Gasteiger charge is 2.64. The molecule has 1 aliphatic heterocycles. The lowest BCUT2D eigenvalue weighted by Crippen LogP contribution is -2.65. The van der Waals surface area contributed by atoms with Crippen molar-refractivity contribution in [2.75, 3.05) is 13.7 Å². The van der Waals surface area contributed by atoms with Gasteiger partial charge in [-0.3, -0.25) is 0 Å². The summed E-state index contributed by atoms with van der Waals surface area (Å²) in [5.74, 6) is -3.03. The molecule has 13 heteroatoms. The third-order valence-electron chi connectivity index (χ3n) is 8.66. The molecule has 0 bridgehead atoms. The van der Waals surface area contributed by atoms with Crippen molar-refractivity contribution in [2.45, 2.75) is 87.5 Å². The van der Waals surface area contributed by atoms with E-state index in [-0.39, 0.29) is 18.4 Å². The molecule has 13 nitrogen and oxygen atoms in total. The van der Waals surface area contributed by atoms with E-state index in [1.54, 1.807) is 6.92 Å². The molecule has 0 radical (unpaired) electrons. The average Bonchev–Trinajstić information content (AvgIpc) is 3.46. The van der Waals surface area contributed by atoms with E-state index in [2.05, 4.69) is 0 Å². The number of methoxy groups -OCH3 is 1. The maximum absolute atomic E-state index is 12.9. The number of aliphatic carboxylic acids is 1. The van der Waals surface area contributed by atoms with E-state index in [1.807, 2.05) is 0 Å². The van der Waals surface area contributed by atoms with Crippen molar-refractivity contribution in [3.05, 3.63) is 35.3 Å². The number of ether oxygens (including phenoxy) is 3. The first kappa shape index (κ1) is 29.6. The van der Waals surface area contributed by atoms with Gasteiger partial charge in [-0.2, -0.15) is 0 Å². The molecule has 39 heavy (non-hydrogen) atoms. The third-order valence-corrected chi connectivity index (χ3v) is 8.66. The topological polar surface area (TPSA) is 217 Å². The lowest BCUT2D eigenvalue weighted by atomic mass is 9.51. The molecular weight excluding hydrogens is 520 g/mol. The van der Waals surface area contributed by atoms with Gasteiger partial charge in [0.05, 0.1) is 38.5 Å². The second kappa shape index (κ2) is 11.3. The zero-order valence-electron chi connectivity index (χ0n) is 21.7. The largest absolute Gasteiger partial charge is 0.479 e. The molecule has 10 atom stereocenters. The second-order valence-electron chi connectivity index (χ2n) is 10.8. The van der Waals surface area contributed by atoms with Crippen LogP contribution in [0, 0.1) is 11.3 Å². The minimum atomic E-state index is -2.48. The van der Waals surface area contributed by atoms with Gasteiger partial charge in [-0.25, -0.2) is 9.59 Å². The number of carboxylic acid groups (broad SMARTS) is 1. The highest BCUT2D eigenvalue weighted by atomic mass is 16.7. The minimum Gasteiger partial charge on any atom is -0.479 e. The Morgan fingerprint density at radius 2 is 1.92 bits per heavy atom. The first-order valence-corrected chi connectivity index (χ1v) is 12.8. The number of aliphatic hydroxyl groups excluding tert-OH is 5. The van der Waals surface area contributed by atoms with Gasteiger partial charge < -0.3 is 54.4 Å². The molecule has 1 aromatic heterocycles. The van der Waals surface area contributed by atoms with Crippen molar-refractivity contribution in [1.82, 2.24) is 0 Å². The standard InChI is InChI=1S/C26H36O13/c1-25(8-15(28)12-6-7-37-11-12)14-5-3-4-13(22(32)36-2)18(14)16(9-26(25,35)24(33)34)38-23-21(31)20(30)19(29)17(10-27)39-23/h6-7,11,14-17,19-21,23,27-31,35H,3-5,8-10H2,1-2H3,(H,33,34)/t14-,15+,16+,17-,19+,20+,21-,23-,25+,26+/m1/s1. The van der Waals surface area contributed by atoms with Crippen LogP contribution < -0.4 is 0 Å². The molecule has 3 aliphatic rings. The molecule has 0 unspecified atom stereocenters. The maximum Gasteiger partial charge on any atom is 0.336 e. The van der Waals surface area contributed by atoms with Gasteiger partial charge in [0.1, 0.15) is 24.4 Å². The quantitative estimate of drug-likeness (QED) is 0.199. The lowest BCUT2D eigenvalue weighted by Gasteiger charge is -2.56. The fraction of sp³-hybridized carbons (Fsp3) is 0.692. The number of esters is 1. The van der Waals surface area contributed by atoms with Crippen LogP contribution in [-0.2, 0) is 23.8 Å². The van der Waals surface area contributed by atoms with Crippen molar-refractivity contribution in [3.8, 4) is 0 Å². The zero-order chi connectivity index (χ0) is 28.7. The molecule has 7 N–H and O–H groups in total. The Kier molecular flexibility index (Phi) is 8.55. The predicted molar refractivity (Wildman–Crippen MR) is 129 cm³/mol. The number of carboxylic acids is 1. The average molecular weight is 557 g/mol. The molecule has 2 heterocycles. The number of carbonyl (C=O) groups excluding carboxylic acids is 1. The van der Waals surface area contributed by atoms with Crippen molar-refractivity contribution < 1.29 is 64.0 Å². The molecule has 218 valence electrons. The Bertz CT molecular complexity index is 1070. The van der Waals surface area contributed by atoms with Crippen LogP contribution >= 0.6 is 0 Å². The molecule has 2 fully saturated rings. The molecule has 1 aromatic rings. The number of aliphatic hydroxyl groups is 6. The summed E-state index contributed by atoms with van der Waals surface area (Å²) < 4.78 is 21.5. The number of furan rings is 1. The summed E-state index contributed by atoms with van der Waals surface area (Å²) in [6.07, 6.45) is -7.67. The Balaban J connectivity index is 1.80. The summed E-state index contributed by atoms with van der Waals surface area (Å²) in [5, 5.41) is 73.6. The number of fused-ring (bicyclic) bond motifs is 1. The maximum atomic E-state index is 12.9. The molecular formula is C26H36O13. The fourth-order valence-electron chi connectivity index (χ4n) is 6.41. The molecule has 0 spiro atoms. The van der Waals surface area contributed by atoms with Gasteiger partial charge >= 0.3 is 11.9 Å². The Hall–Kier alpha value is -2.36. The number of hydrogen-bond acceptors (Lipinski definition) is 12. The van der Waals surface area contributed by atoms with Crippen LogP contribution in [0.5, 0.6) is 0 Å². The van der Waals surface area contributed by atoms with E-state index in [1.165, 1.54) is 25.7 Å². The zero-order valence-corrected chi connectivity index (χ0v) is 21.7. The number of hydrogen-bond donors (Lipinski definition) is 7. The first-order valence-electron chi connectivity index (χ1n) is 12.8. The predicted octanol–water partition coefficient (Wildman–Crippen LogP) is -0.616. The second-order valence-corrected chi connectivity index (χ2v) is 10.8. The van der Waals surface area contributed by atoms with E-state index >= 15 is 0 Å². The first-order chi connectivity index (χ1) is 18.4. The van der Waals surface area contributed by atoms with E-state index in [4.69, 9.17) is 18.6 Å². The van der Waals surface area contributed by atoms with E-state index in [9.17, 15) is 45.3 Å². The third kappa shape index (κ3) is 5.02. The van der Waals surface area contributed by atoms with E-state index < -0.39 is 84.8 Å². The molecule has 0 aromatic carbocycles. The van der Waals surface area contributed by atoms with Gasteiger partial charge in [0.15, 0.2) is 11.9 Å². The SMILES string of the molecule is COC(=O)C1=C2[C@@H](O[C@@H]3O[C@H](CO)[C@H](O)[C@H](O)[C@H]3O)C[C@](O)(C(=O)O)[C@@](C)(C[C@H](O)c3ccoc3)[C@@H]2CCC1. The molecule has 0 amide bonds. The number of carbonyl (C=O) groups is 2. The lowest BCUT2D eigenvalue weighted by molar-refractivity contribution is -0.315. The van der Waals surface area contributed by atoms with Crippen LogP contribution in [0.3, 0.4) is 0 Å². The summed E-state index contributed by atoms with van der Waals surface area (Å²) in [5.41, 5.74) is -3.04. The molecule has 4 rings (SSSR count). The van der Waals surface area contributed by atoms with Gasteiger partial charge in [0.2, 0.25) is 0 Å². The van der Waals surface area contributed by atoms with Gasteiger partial charge in [-0.15, -0.1) is 0 Å². The van der Waals surface area contributed by atoms with Gasteiger partial charge in [-0.1, -0.05) is 6.92 Å². The van der Waals surface area contributed by atoms with E-state index in [0.717, 1.165) is 0 Å². The normalized spacial score (nSPS) is 39.6. The van der Waals surface area contributed by atoms with Gasteiger partial charge in [0.25, 0.3) is 0 Å². The smallest absolute Gasteiger partial charge is 0.336 e. The highest BCUT2D eigenvalue weighted by molar-refractivity contribution is 5.90. The highest BCUT2D eigenvalue weighted by Crippen LogP contribution is 2.59. The van der Waals surface area contributed by atoms with Crippen LogP contribution in [-0.4, -0.2) is 104 Å². The monoisotopic (exact) mass is 556 g/mol. The van der Waals surface area contributed by atoms with Crippen molar-refractivity contribution in [3.63, 3.8) is 0 Å². The fourth-order valence-corrected chi connectivity index (χ4v) is 6.41. The summed E-state index contributed by atoms with van der Waals surface area (Å²) in [4.78, 5) is 25.6. The van der Waals surface area contributed by atoms with Gasteiger partial charge in [-0.05, 0) is 43.2 Å². The van der Waals surface area contributed by atoms with Crippen LogP contribution in [0.2, 0.25) is 0 Å². The minimum absolute atomic E-state index is 0.204. The Morgan fingerprint density at radius 1 is 1.21 bits per heavy atom. The van der Waals surface area contributed by atoms with Crippen LogP contribution in [0.1, 0.15) is 50.7 Å². The molecule has 1 saturated carbocycles. The Labute approximate surface area is 224 Å². The summed E-state index contributed by atoms with van der Waals surface area (Å²) in [6, 6.07) is 1.53. The van der Waals surface area contributed by atoms with Crippen LogP contribution in [0.4, 0.5) is 0 Å². The summed E-state index contributed by atoms with van der Waals surface area (Å²) >= 11 is 0. The molecule has 2 aliphatic carbocycles.